The summed E-state index contributed by atoms with van der Waals surface area (Å²) in [4.78, 5) is 13.9. The Balaban J connectivity index is 1.58. The van der Waals surface area contributed by atoms with Gasteiger partial charge in [0.2, 0.25) is 10.0 Å². The van der Waals surface area contributed by atoms with Gasteiger partial charge < -0.3 is 19.8 Å². The fourth-order valence-corrected chi connectivity index (χ4v) is 4.63. The molecule has 1 saturated heterocycles. The van der Waals surface area contributed by atoms with Crippen molar-refractivity contribution in [3.05, 3.63) is 47.5 Å². The lowest BCUT2D eigenvalue weighted by molar-refractivity contribution is -0.134. The smallest absolute Gasteiger partial charge is 0.260 e. The number of nitrogens with zero attached hydrogens (tertiary/aromatic N) is 2. The SMILES string of the molecule is Cc1ccc(OCC(=O)N2CCN(S(=O)(=O)c3ccc(O)c(O)c3)CC2)c(C)c1. The Labute approximate surface area is 170 Å². The number of aryl methyl sites for hydroxylation is 2. The molecule has 1 amide bonds. The lowest BCUT2D eigenvalue weighted by Crippen LogP contribution is -2.51. The van der Waals surface area contributed by atoms with Gasteiger partial charge in [-0.1, -0.05) is 17.7 Å². The van der Waals surface area contributed by atoms with Crippen molar-refractivity contribution in [2.45, 2.75) is 18.7 Å². The molecule has 1 fully saturated rings. The molecular weight excluding hydrogens is 396 g/mol. The lowest BCUT2D eigenvalue weighted by atomic mass is 10.1. The Bertz CT molecular complexity index is 1010. The molecule has 0 atom stereocenters. The number of hydrogen-bond acceptors (Lipinski definition) is 6. The van der Waals surface area contributed by atoms with E-state index in [1.165, 1.54) is 10.4 Å². The van der Waals surface area contributed by atoms with Crippen molar-refractivity contribution < 1.29 is 28.2 Å². The lowest BCUT2D eigenvalue weighted by Gasteiger charge is -2.34. The van der Waals surface area contributed by atoms with Gasteiger partial charge >= 0.3 is 0 Å². The highest BCUT2D eigenvalue weighted by atomic mass is 32.2. The van der Waals surface area contributed by atoms with Gasteiger partial charge in [-0.25, -0.2) is 8.42 Å². The minimum Gasteiger partial charge on any atom is -0.504 e. The number of aromatic hydroxyl groups is 2. The number of carbonyl (C=O) groups is 1. The number of phenols is 2. The zero-order chi connectivity index (χ0) is 21.2. The van der Waals surface area contributed by atoms with Gasteiger partial charge in [-0.15, -0.1) is 0 Å². The summed E-state index contributed by atoms with van der Waals surface area (Å²) in [6, 6.07) is 9.10. The van der Waals surface area contributed by atoms with Crippen LogP contribution in [0.15, 0.2) is 41.3 Å². The van der Waals surface area contributed by atoms with Crippen LogP contribution in [0, 0.1) is 13.8 Å². The molecule has 1 aliphatic rings. The summed E-state index contributed by atoms with van der Waals surface area (Å²) in [7, 11) is -3.82. The second-order valence-corrected chi connectivity index (χ2v) is 8.93. The van der Waals surface area contributed by atoms with E-state index in [0.29, 0.717) is 5.75 Å². The van der Waals surface area contributed by atoms with Crippen LogP contribution in [-0.2, 0) is 14.8 Å². The Morgan fingerprint density at radius 1 is 1.00 bits per heavy atom. The van der Waals surface area contributed by atoms with Gasteiger partial charge in [0.25, 0.3) is 5.91 Å². The predicted octanol–water partition coefficient (Wildman–Crippen LogP) is 1.63. The molecule has 0 radical (unpaired) electrons. The van der Waals surface area contributed by atoms with Gasteiger partial charge in [-0.05, 0) is 37.6 Å². The molecule has 0 bridgehead atoms. The van der Waals surface area contributed by atoms with E-state index < -0.39 is 15.8 Å². The van der Waals surface area contributed by atoms with Crippen LogP contribution in [0.5, 0.6) is 17.2 Å². The van der Waals surface area contributed by atoms with E-state index in [2.05, 4.69) is 0 Å². The number of benzene rings is 2. The first-order valence-corrected chi connectivity index (χ1v) is 10.6. The average Bonchev–Trinajstić information content (AvgIpc) is 2.69. The molecule has 2 aromatic carbocycles. The normalized spacial score (nSPS) is 15.3. The van der Waals surface area contributed by atoms with E-state index >= 15 is 0 Å². The van der Waals surface area contributed by atoms with Crippen molar-refractivity contribution in [3.63, 3.8) is 0 Å². The number of piperazine rings is 1. The highest BCUT2D eigenvalue weighted by Crippen LogP contribution is 2.29. The monoisotopic (exact) mass is 420 g/mol. The summed E-state index contributed by atoms with van der Waals surface area (Å²) in [6.45, 7) is 4.56. The topological polar surface area (TPSA) is 107 Å². The molecule has 2 aromatic rings. The fraction of sp³-hybridized carbons (Fsp3) is 0.350. The second-order valence-electron chi connectivity index (χ2n) is 6.99. The number of amides is 1. The van der Waals surface area contributed by atoms with E-state index in [1.54, 1.807) is 4.90 Å². The number of phenolic OH excluding ortho intramolecular Hbond substituents is 2. The molecule has 0 unspecified atom stereocenters. The highest BCUT2D eigenvalue weighted by molar-refractivity contribution is 7.89. The Morgan fingerprint density at radius 3 is 2.31 bits per heavy atom. The van der Waals surface area contributed by atoms with Crippen LogP contribution < -0.4 is 4.74 Å². The molecule has 0 saturated carbocycles. The van der Waals surface area contributed by atoms with Crippen molar-refractivity contribution in [2.24, 2.45) is 0 Å². The predicted molar refractivity (Wildman–Crippen MR) is 107 cm³/mol. The first-order chi connectivity index (χ1) is 13.7. The Kier molecular flexibility index (Phi) is 5.99. The molecule has 1 aliphatic heterocycles. The number of hydrogen-bond donors (Lipinski definition) is 2. The summed E-state index contributed by atoms with van der Waals surface area (Å²) in [5.41, 5.74) is 2.06. The maximum atomic E-state index is 12.7. The molecular formula is C20H24N2O6S. The third-order valence-corrected chi connectivity index (χ3v) is 6.75. The van der Waals surface area contributed by atoms with Crippen LogP contribution in [0.3, 0.4) is 0 Å². The van der Waals surface area contributed by atoms with Crippen LogP contribution in [-0.4, -0.2) is 66.5 Å². The van der Waals surface area contributed by atoms with Crippen LogP contribution in [0.1, 0.15) is 11.1 Å². The van der Waals surface area contributed by atoms with E-state index in [9.17, 15) is 23.4 Å². The zero-order valence-electron chi connectivity index (χ0n) is 16.3. The van der Waals surface area contributed by atoms with Gasteiger partial charge in [-0.2, -0.15) is 4.31 Å². The van der Waals surface area contributed by atoms with Crippen molar-refractivity contribution in [2.75, 3.05) is 32.8 Å². The van der Waals surface area contributed by atoms with Gasteiger partial charge in [-0.3, -0.25) is 4.79 Å². The largest absolute Gasteiger partial charge is 0.504 e. The maximum Gasteiger partial charge on any atom is 0.260 e. The molecule has 3 rings (SSSR count). The summed E-state index contributed by atoms with van der Waals surface area (Å²) < 4.78 is 32.3. The molecule has 156 valence electrons. The molecule has 8 nitrogen and oxygen atoms in total. The van der Waals surface area contributed by atoms with E-state index in [0.717, 1.165) is 23.3 Å². The standard InChI is InChI=1S/C20H24N2O6S/c1-14-3-6-19(15(2)11-14)28-13-20(25)21-7-9-22(10-8-21)29(26,27)16-4-5-17(23)18(24)12-16/h3-6,11-12,23-24H,7-10,13H2,1-2H3. The van der Waals surface area contributed by atoms with Gasteiger partial charge in [0.15, 0.2) is 18.1 Å². The molecule has 0 aliphatic carbocycles. The Hall–Kier alpha value is -2.78. The summed E-state index contributed by atoms with van der Waals surface area (Å²) in [5.74, 6) is -0.437. The highest BCUT2D eigenvalue weighted by Gasteiger charge is 2.30. The van der Waals surface area contributed by atoms with Crippen molar-refractivity contribution in [3.8, 4) is 17.2 Å². The van der Waals surface area contributed by atoms with Crippen LogP contribution >= 0.6 is 0 Å². The number of carbonyl (C=O) groups excluding carboxylic acids is 1. The summed E-state index contributed by atoms with van der Waals surface area (Å²) >= 11 is 0. The van der Waals surface area contributed by atoms with Crippen LogP contribution in [0.4, 0.5) is 0 Å². The van der Waals surface area contributed by atoms with Gasteiger partial charge in [0.05, 0.1) is 4.90 Å². The second kappa shape index (κ2) is 8.30. The van der Waals surface area contributed by atoms with Crippen LogP contribution in [0.2, 0.25) is 0 Å². The number of rotatable bonds is 5. The summed E-state index contributed by atoms with van der Waals surface area (Å²) in [5, 5.41) is 18.9. The molecule has 9 heteroatoms. The molecule has 2 N–H and O–H groups in total. The van der Waals surface area contributed by atoms with E-state index in [1.807, 2.05) is 32.0 Å². The minimum atomic E-state index is -3.82. The first-order valence-electron chi connectivity index (χ1n) is 9.18. The molecule has 29 heavy (non-hydrogen) atoms. The minimum absolute atomic E-state index is 0.106. The van der Waals surface area contributed by atoms with Crippen molar-refractivity contribution in [1.29, 1.82) is 0 Å². The molecule has 0 spiro atoms. The summed E-state index contributed by atoms with van der Waals surface area (Å²) in [6.07, 6.45) is 0. The number of sulfonamides is 1. The van der Waals surface area contributed by atoms with Gasteiger partial charge in [0, 0.05) is 32.2 Å². The zero-order valence-corrected chi connectivity index (χ0v) is 17.1. The molecule has 1 heterocycles. The third kappa shape index (κ3) is 4.63. The van der Waals surface area contributed by atoms with Gasteiger partial charge in [0.1, 0.15) is 5.75 Å². The molecule has 0 aromatic heterocycles. The first kappa shape index (κ1) is 20.9. The average molecular weight is 420 g/mol. The fourth-order valence-electron chi connectivity index (χ4n) is 3.18. The third-order valence-electron chi connectivity index (χ3n) is 4.86. The quantitative estimate of drug-likeness (QED) is 0.712. The van der Waals surface area contributed by atoms with E-state index in [-0.39, 0.29) is 49.3 Å². The Morgan fingerprint density at radius 2 is 1.69 bits per heavy atom. The van der Waals surface area contributed by atoms with Crippen molar-refractivity contribution in [1.82, 2.24) is 9.21 Å². The van der Waals surface area contributed by atoms with Crippen LogP contribution in [0.25, 0.3) is 0 Å². The maximum absolute atomic E-state index is 12.7. The van der Waals surface area contributed by atoms with E-state index in [4.69, 9.17) is 4.74 Å². The van der Waals surface area contributed by atoms with Crippen molar-refractivity contribution >= 4 is 15.9 Å². The number of ether oxygens (including phenoxy) is 1.